The Morgan fingerprint density at radius 3 is 2.62 bits per heavy atom. The van der Waals surface area contributed by atoms with Crippen LogP contribution < -0.4 is 10.2 Å². The summed E-state index contributed by atoms with van der Waals surface area (Å²) in [5.41, 5.74) is 0. The molecule has 116 valence electrons. The van der Waals surface area contributed by atoms with Crippen LogP contribution in [0.4, 0.5) is 5.82 Å². The lowest BCUT2D eigenvalue weighted by atomic mass is 10.1. The number of amides is 1. The van der Waals surface area contributed by atoms with Crippen molar-refractivity contribution in [2.45, 2.75) is 6.92 Å². The normalized spacial score (nSPS) is 17.0. The van der Waals surface area contributed by atoms with Gasteiger partial charge < -0.3 is 15.1 Å². The molecule has 1 unspecified atom stereocenters. The number of hydrogen-bond acceptors (Lipinski definition) is 4. The van der Waals surface area contributed by atoms with Crippen molar-refractivity contribution in [3.8, 4) is 0 Å². The summed E-state index contributed by atoms with van der Waals surface area (Å²) in [6, 6.07) is 1.69. The zero-order chi connectivity index (χ0) is 15.4. The van der Waals surface area contributed by atoms with Gasteiger partial charge in [0.15, 0.2) is 0 Å². The molecule has 0 aliphatic carbocycles. The number of nitrogens with one attached hydrogen (secondary N) is 1. The molecule has 5 nitrogen and oxygen atoms in total. The number of rotatable bonds is 4. The fraction of sp³-hybridized carbons (Fsp3) is 0.571. The number of aromatic nitrogens is 1. The smallest absolute Gasteiger partial charge is 0.226 e. The largest absolute Gasteiger partial charge is 0.352 e. The molecule has 1 aliphatic heterocycles. The molecule has 0 aromatic carbocycles. The molecule has 2 heterocycles. The van der Waals surface area contributed by atoms with Gasteiger partial charge in [-0.1, -0.05) is 30.1 Å². The molecule has 1 N–H and O–H groups in total. The van der Waals surface area contributed by atoms with E-state index in [2.05, 4.69) is 15.2 Å². The number of halogens is 2. The van der Waals surface area contributed by atoms with Crippen molar-refractivity contribution in [2.75, 3.05) is 44.7 Å². The molecule has 0 saturated carbocycles. The highest BCUT2D eigenvalue weighted by atomic mass is 35.5. The molecule has 1 saturated heterocycles. The second-order valence-corrected chi connectivity index (χ2v) is 6.07. The second kappa shape index (κ2) is 7.29. The van der Waals surface area contributed by atoms with Crippen LogP contribution in [-0.4, -0.2) is 55.6 Å². The van der Waals surface area contributed by atoms with Gasteiger partial charge in [-0.3, -0.25) is 4.79 Å². The van der Waals surface area contributed by atoms with Crippen LogP contribution in [0.1, 0.15) is 6.92 Å². The van der Waals surface area contributed by atoms with E-state index in [4.69, 9.17) is 23.2 Å². The zero-order valence-corrected chi connectivity index (χ0v) is 13.8. The van der Waals surface area contributed by atoms with Crippen molar-refractivity contribution in [2.24, 2.45) is 5.92 Å². The van der Waals surface area contributed by atoms with Gasteiger partial charge in [-0.25, -0.2) is 4.98 Å². The highest BCUT2D eigenvalue weighted by molar-refractivity contribution is 6.36. The van der Waals surface area contributed by atoms with Crippen LogP contribution in [0.3, 0.4) is 0 Å². The Kier molecular flexibility index (Phi) is 5.67. The SMILES string of the molecule is CNCC(C)C(=O)N1CCN(c2ncc(Cl)cc2Cl)CC1. The van der Waals surface area contributed by atoms with E-state index in [1.54, 1.807) is 12.3 Å². The van der Waals surface area contributed by atoms with E-state index in [9.17, 15) is 4.79 Å². The molecule has 1 aromatic heterocycles. The van der Waals surface area contributed by atoms with Gasteiger partial charge in [0.2, 0.25) is 5.91 Å². The molecular formula is C14H20Cl2N4O. The van der Waals surface area contributed by atoms with Crippen LogP contribution >= 0.6 is 23.2 Å². The van der Waals surface area contributed by atoms with Gasteiger partial charge in [-0.2, -0.15) is 0 Å². The van der Waals surface area contributed by atoms with Gasteiger partial charge >= 0.3 is 0 Å². The molecule has 1 fully saturated rings. The van der Waals surface area contributed by atoms with Crippen LogP contribution in [0.15, 0.2) is 12.3 Å². The number of pyridine rings is 1. The Balaban J connectivity index is 1.95. The monoisotopic (exact) mass is 330 g/mol. The van der Waals surface area contributed by atoms with E-state index in [1.807, 2.05) is 18.9 Å². The Hall–Kier alpha value is -1.04. The van der Waals surface area contributed by atoms with Crippen LogP contribution in [-0.2, 0) is 4.79 Å². The Morgan fingerprint density at radius 1 is 1.38 bits per heavy atom. The highest BCUT2D eigenvalue weighted by Gasteiger charge is 2.25. The molecule has 7 heteroatoms. The summed E-state index contributed by atoms with van der Waals surface area (Å²) in [4.78, 5) is 20.5. The van der Waals surface area contributed by atoms with Gasteiger partial charge in [0, 0.05) is 44.8 Å². The van der Waals surface area contributed by atoms with Gasteiger partial charge in [0.1, 0.15) is 5.82 Å². The van der Waals surface area contributed by atoms with E-state index in [0.29, 0.717) is 29.7 Å². The predicted octanol–water partition coefficient (Wildman–Crippen LogP) is 1.89. The fourth-order valence-corrected chi connectivity index (χ4v) is 2.98. The van der Waals surface area contributed by atoms with Crippen LogP contribution in [0.5, 0.6) is 0 Å². The number of carbonyl (C=O) groups excluding carboxylic acids is 1. The molecule has 1 aromatic rings. The maximum absolute atomic E-state index is 12.3. The van der Waals surface area contributed by atoms with Crippen molar-refractivity contribution in [3.63, 3.8) is 0 Å². The van der Waals surface area contributed by atoms with Crippen molar-refractivity contribution < 1.29 is 4.79 Å². The second-order valence-electron chi connectivity index (χ2n) is 5.23. The van der Waals surface area contributed by atoms with E-state index in [1.165, 1.54) is 0 Å². The highest BCUT2D eigenvalue weighted by Crippen LogP contribution is 2.26. The number of carbonyl (C=O) groups is 1. The third-order valence-corrected chi connectivity index (χ3v) is 4.10. The van der Waals surface area contributed by atoms with Gasteiger partial charge in [-0.15, -0.1) is 0 Å². The third-order valence-electron chi connectivity index (χ3n) is 3.61. The van der Waals surface area contributed by atoms with Crippen molar-refractivity contribution in [3.05, 3.63) is 22.3 Å². The molecule has 1 amide bonds. The average Bonchev–Trinajstić information content (AvgIpc) is 2.47. The number of piperazine rings is 1. The Bertz CT molecular complexity index is 504. The first-order valence-electron chi connectivity index (χ1n) is 7.02. The topological polar surface area (TPSA) is 48.5 Å². The summed E-state index contributed by atoms with van der Waals surface area (Å²) < 4.78 is 0. The summed E-state index contributed by atoms with van der Waals surface area (Å²) in [6.45, 7) is 5.48. The first-order valence-corrected chi connectivity index (χ1v) is 7.78. The summed E-state index contributed by atoms with van der Waals surface area (Å²) in [5.74, 6) is 0.925. The first kappa shape index (κ1) is 16.3. The van der Waals surface area contributed by atoms with Crippen molar-refractivity contribution >= 4 is 34.9 Å². The van der Waals surface area contributed by atoms with E-state index >= 15 is 0 Å². The quantitative estimate of drug-likeness (QED) is 0.915. The van der Waals surface area contributed by atoms with Gasteiger partial charge in [0.25, 0.3) is 0 Å². The molecular weight excluding hydrogens is 311 g/mol. The maximum Gasteiger partial charge on any atom is 0.226 e. The van der Waals surface area contributed by atoms with Crippen LogP contribution in [0, 0.1) is 5.92 Å². The Morgan fingerprint density at radius 2 is 2.05 bits per heavy atom. The summed E-state index contributed by atoms with van der Waals surface area (Å²) in [6.07, 6.45) is 1.59. The molecule has 0 bridgehead atoms. The molecule has 21 heavy (non-hydrogen) atoms. The van der Waals surface area contributed by atoms with Crippen LogP contribution in [0.25, 0.3) is 0 Å². The molecule has 2 rings (SSSR count). The van der Waals surface area contributed by atoms with E-state index in [-0.39, 0.29) is 11.8 Å². The van der Waals surface area contributed by atoms with Crippen molar-refractivity contribution in [1.82, 2.24) is 15.2 Å². The third kappa shape index (κ3) is 3.99. The van der Waals surface area contributed by atoms with Crippen LogP contribution in [0.2, 0.25) is 10.0 Å². The standard InChI is InChI=1S/C14H20Cl2N4O/c1-10(8-17-2)14(21)20-5-3-19(4-6-20)13-12(16)7-11(15)9-18-13/h7,9-10,17H,3-6,8H2,1-2H3. The molecule has 1 aliphatic rings. The van der Waals surface area contributed by atoms with E-state index in [0.717, 1.165) is 18.9 Å². The number of hydrogen-bond donors (Lipinski definition) is 1. The minimum absolute atomic E-state index is 0.00112. The summed E-state index contributed by atoms with van der Waals surface area (Å²) in [5, 5.41) is 4.11. The summed E-state index contributed by atoms with van der Waals surface area (Å²) in [7, 11) is 1.86. The molecule has 1 atom stereocenters. The van der Waals surface area contributed by atoms with Gasteiger partial charge in [-0.05, 0) is 13.1 Å². The fourth-order valence-electron chi connectivity index (χ4n) is 2.48. The molecule has 0 radical (unpaired) electrons. The lowest BCUT2D eigenvalue weighted by molar-refractivity contribution is -0.135. The number of nitrogens with zero attached hydrogens (tertiary/aromatic N) is 3. The predicted molar refractivity (Wildman–Crippen MR) is 86.1 cm³/mol. The zero-order valence-electron chi connectivity index (χ0n) is 12.3. The lowest BCUT2D eigenvalue weighted by Crippen LogP contribution is -2.51. The van der Waals surface area contributed by atoms with Gasteiger partial charge in [0.05, 0.1) is 10.0 Å². The minimum Gasteiger partial charge on any atom is -0.352 e. The summed E-state index contributed by atoms with van der Waals surface area (Å²) >= 11 is 12.0. The molecule has 0 spiro atoms. The van der Waals surface area contributed by atoms with E-state index < -0.39 is 0 Å². The first-order chi connectivity index (χ1) is 10.0. The number of anilines is 1. The minimum atomic E-state index is -0.00112. The Labute approximate surface area is 135 Å². The van der Waals surface area contributed by atoms with Crippen molar-refractivity contribution in [1.29, 1.82) is 0 Å². The lowest BCUT2D eigenvalue weighted by Gasteiger charge is -2.36. The maximum atomic E-state index is 12.3. The average molecular weight is 331 g/mol.